The van der Waals surface area contributed by atoms with Crippen molar-refractivity contribution in [2.45, 2.75) is 18.6 Å². The third-order valence-corrected chi connectivity index (χ3v) is 2.58. The predicted octanol–water partition coefficient (Wildman–Crippen LogP) is 0.848. The van der Waals surface area contributed by atoms with Crippen LogP contribution < -0.4 is 5.32 Å². The van der Waals surface area contributed by atoms with Gasteiger partial charge in [-0.2, -0.15) is 0 Å². The Morgan fingerprint density at radius 3 is 2.87 bits per heavy atom. The fraction of sp³-hybridized carbons (Fsp3) is 0.500. The monoisotopic (exact) mass is 274 g/mol. The van der Waals surface area contributed by atoms with Gasteiger partial charge in [-0.3, -0.25) is 0 Å². The van der Waals surface area contributed by atoms with Crippen molar-refractivity contribution in [3.63, 3.8) is 0 Å². The van der Waals surface area contributed by atoms with Crippen molar-refractivity contribution in [3.8, 4) is 0 Å². The number of hydrogen-bond acceptors (Lipinski definition) is 4. The molecular formula is C10H15BrN2O2. The van der Waals surface area contributed by atoms with E-state index in [-0.39, 0.29) is 0 Å². The van der Waals surface area contributed by atoms with E-state index in [0.29, 0.717) is 23.1 Å². The molecule has 1 heterocycles. The van der Waals surface area contributed by atoms with E-state index in [1.165, 1.54) is 0 Å². The molecule has 1 aromatic heterocycles. The third kappa shape index (κ3) is 3.87. The van der Waals surface area contributed by atoms with Crippen LogP contribution in [0.5, 0.6) is 0 Å². The minimum Gasteiger partial charge on any atom is -0.390 e. The zero-order chi connectivity index (χ0) is 11.3. The summed E-state index contributed by atoms with van der Waals surface area (Å²) in [6.07, 6.45) is 0.481. The number of rotatable bonds is 5. The van der Waals surface area contributed by atoms with Gasteiger partial charge in [0.15, 0.2) is 0 Å². The molecule has 1 rings (SSSR count). The molecule has 0 amide bonds. The van der Waals surface area contributed by atoms with Crippen LogP contribution in [-0.4, -0.2) is 34.9 Å². The second-order valence-electron chi connectivity index (χ2n) is 3.32. The Balaban J connectivity index is 2.62. The van der Waals surface area contributed by atoms with Gasteiger partial charge in [-0.1, -0.05) is 0 Å². The molecule has 0 bridgehead atoms. The van der Waals surface area contributed by atoms with Crippen LogP contribution in [0, 0.1) is 0 Å². The van der Waals surface area contributed by atoms with E-state index in [9.17, 15) is 10.2 Å². The van der Waals surface area contributed by atoms with Gasteiger partial charge in [0, 0.05) is 6.20 Å². The number of pyridine rings is 1. The van der Waals surface area contributed by atoms with E-state index >= 15 is 0 Å². The van der Waals surface area contributed by atoms with Gasteiger partial charge in [-0.15, -0.1) is 0 Å². The van der Waals surface area contributed by atoms with E-state index in [1.54, 1.807) is 18.3 Å². The van der Waals surface area contributed by atoms with Crippen LogP contribution in [0.3, 0.4) is 0 Å². The molecule has 2 unspecified atom stereocenters. The number of halogens is 1. The molecule has 5 heteroatoms. The quantitative estimate of drug-likeness (QED) is 0.697. The lowest BCUT2D eigenvalue weighted by Crippen LogP contribution is -2.23. The third-order valence-electron chi connectivity index (χ3n) is 2.15. The summed E-state index contributed by atoms with van der Waals surface area (Å²) in [7, 11) is 1.81. The first kappa shape index (κ1) is 12.6. The van der Waals surface area contributed by atoms with Gasteiger partial charge in [0.2, 0.25) is 0 Å². The average Bonchev–Trinajstić information content (AvgIpc) is 2.24. The van der Waals surface area contributed by atoms with Crippen LogP contribution in [0.15, 0.2) is 22.9 Å². The van der Waals surface area contributed by atoms with E-state index in [0.717, 1.165) is 0 Å². The van der Waals surface area contributed by atoms with Crippen molar-refractivity contribution in [2.24, 2.45) is 0 Å². The van der Waals surface area contributed by atoms with E-state index < -0.39 is 12.2 Å². The van der Waals surface area contributed by atoms with Gasteiger partial charge >= 0.3 is 0 Å². The van der Waals surface area contributed by atoms with Crippen molar-refractivity contribution >= 4 is 15.9 Å². The first-order valence-corrected chi connectivity index (χ1v) is 5.56. The second kappa shape index (κ2) is 6.17. The average molecular weight is 275 g/mol. The fourth-order valence-corrected chi connectivity index (χ4v) is 1.66. The highest BCUT2D eigenvalue weighted by molar-refractivity contribution is 9.10. The zero-order valence-corrected chi connectivity index (χ0v) is 10.1. The summed E-state index contributed by atoms with van der Waals surface area (Å²) in [5.74, 6) is 0. The number of aliphatic hydroxyl groups is 2. The van der Waals surface area contributed by atoms with Crippen molar-refractivity contribution < 1.29 is 10.2 Å². The van der Waals surface area contributed by atoms with Crippen LogP contribution in [0.25, 0.3) is 0 Å². The number of nitrogens with one attached hydrogen (secondary N) is 1. The van der Waals surface area contributed by atoms with E-state index in [2.05, 4.69) is 26.2 Å². The van der Waals surface area contributed by atoms with Gasteiger partial charge in [-0.25, -0.2) is 4.98 Å². The Labute approximate surface area is 97.5 Å². The molecule has 4 nitrogen and oxygen atoms in total. The molecule has 15 heavy (non-hydrogen) atoms. The molecule has 0 aliphatic carbocycles. The Hall–Kier alpha value is -0.490. The number of aromatic nitrogens is 1. The van der Waals surface area contributed by atoms with E-state index in [4.69, 9.17) is 0 Å². The summed E-state index contributed by atoms with van der Waals surface area (Å²) >= 11 is 3.22. The maximum absolute atomic E-state index is 9.81. The number of aliphatic hydroxyl groups excluding tert-OH is 2. The molecule has 0 saturated carbocycles. The minimum atomic E-state index is -0.863. The van der Waals surface area contributed by atoms with Crippen LogP contribution in [0.1, 0.15) is 18.1 Å². The smallest absolute Gasteiger partial charge is 0.106 e. The summed E-state index contributed by atoms with van der Waals surface area (Å²) in [5, 5.41) is 22.4. The fourth-order valence-electron chi connectivity index (χ4n) is 1.27. The molecule has 3 N–H and O–H groups in total. The summed E-state index contributed by atoms with van der Waals surface area (Å²) in [6, 6.07) is 3.39. The first-order valence-electron chi connectivity index (χ1n) is 4.77. The molecular weight excluding hydrogens is 260 g/mol. The van der Waals surface area contributed by atoms with Crippen LogP contribution in [-0.2, 0) is 0 Å². The molecule has 0 aliphatic rings. The lowest BCUT2D eigenvalue weighted by molar-refractivity contribution is 0.0139. The first-order chi connectivity index (χ1) is 7.15. The van der Waals surface area contributed by atoms with Gasteiger partial charge in [0.1, 0.15) is 10.7 Å². The van der Waals surface area contributed by atoms with Crippen LogP contribution in [0.2, 0.25) is 0 Å². The molecule has 0 radical (unpaired) electrons. The standard InChI is InChI=1S/C10H15BrN2O2/c1-12-4-3-8(14)10(15)7-2-5-13-9(11)6-7/h2,5-6,8,10,12,14-15H,3-4H2,1H3. The van der Waals surface area contributed by atoms with Crippen molar-refractivity contribution in [1.82, 2.24) is 10.3 Å². The highest BCUT2D eigenvalue weighted by Gasteiger charge is 2.17. The Morgan fingerprint density at radius 2 is 2.27 bits per heavy atom. The maximum atomic E-state index is 9.81. The molecule has 1 aromatic rings. The van der Waals surface area contributed by atoms with Gasteiger partial charge in [0.25, 0.3) is 0 Å². The Bertz CT molecular complexity index is 309. The second-order valence-corrected chi connectivity index (χ2v) is 4.13. The zero-order valence-electron chi connectivity index (χ0n) is 8.52. The molecule has 84 valence electrons. The lowest BCUT2D eigenvalue weighted by Gasteiger charge is -2.17. The Kier molecular flexibility index (Phi) is 5.17. The number of nitrogens with zero attached hydrogens (tertiary/aromatic N) is 1. The van der Waals surface area contributed by atoms with Gasteiger partial charge < -0.3 is 15.5 Å². The highest BCUT2D eigenvalue weighted by Crippen LogP contribution is 2.20. The molecule has 2 atom stereocenters. The SMILES string of the molecule is CNCCC(O)C(O)c1ccnc(Br)c1. The Morgan fingerprint density at radius 1 is 1.53 bits per heavy atom. The largest absolute Gasteiger partial charge is 0.390 e. The molecule has 0 fully saturated rings. The number of hydrogen-bond donors (Lipinski definition) is 3. The summed E-state index contributed by atoms with van der Waals surface area (Å²) in [4.78, 5) is 3.96. The van der Waals surface area contributed by atoms with Gasteiger partial charge in [0.05, 0.1) is 6.10 Å². The lowest BCUT2D eigenvalue weighted by atomic mass is 10.0. The molecule has 0 saturated heterocycles. The van der Waals surface area contributed by atoms with Gasteiger partial charge in [-0.05, 0) is 53.6 Å². The van der Waals surface area contributed by atoms with Crippen LogP contribution >= 0.6 is 15.9 Å². The van der Waals surface area contributed by atoms with E-state index in [1.807, 2.05) is 7.05 Å². The van der Waals surface area contributed by atoms with Crippen LogP contribution in [0.4, 0.5) is 0 Å². The molecule has 0 aliphatic heterocycles. The summed E-state index contributed by atoms with van der Waals surface area (Å²) in [5.41, 5.74) is 0.667. The maximum Gasteiger partial charge on any atom is 0.106 e. The van der Waals surface area contributed by atoms with Crippen molar-refractivity contribution in [3.05, 3.63) is 28.5 Å². The topological polar surface area (TPSA) is 65.4 Å². The summed E-state index contributed by atoms with van der Waals surface area (Å²) < 4.78 is 0.653. The predicted molar refractivity (Wildman–Crippen MR) is 61.4 cm³/mol. The highest BCUT2D eigenvalue weighted by atomic mass is 79.9. The molecule has 0 spiro atoms. The summed E-state index contributed by atoms with van der Waals surface area (Å²) in [6.45, 7) is 0.671. The van der Waals surface area contributed by atoms with Crippen molar-refractivity contribution in [1.29, 1.82) is 0 Å². The van der Waals surface area contributed by atoms with Crippen molar-refractivity contribution in [2.75, 3.05) is 13.6 Å². The minimum absolute atomic E-state index is 0.512. The normalized spacial score (nSPS) is 14.9. The molecule has 0 aromatic carbocycles.